The van der Waals surface area contributed by atoms with E-state index in [0.29, 0.717) is 17.5 Å². The molecule has 0 bridgehead atoms. The summed E-state index contributed by atoms with van der Waals surface area (Å²) in [5, 5.41) is 5.03. The molecule has 0 N–H and O–H groups in total. The van der Waals surface area contributed by atoms with E-state index in [2.05, 4.69) is 114 Å². The zero-order valence-electron chi connectivity index (χ0n) is 25.5. The molecule has 9 rings (SSSR count). The molecule has 220 valence electrons. The third-order valence-corrected chi connectivity index (χ3v) is 8.84. The molecule has 0 fully saturated rings. The maximum Gasteiger partial charge on any atom is 0.164 e. The predicted molar refractivity (Wildman–Crippen MR) is 193 cm³/mol. The molecule has 0 atom stereocenters. The second-order valence-corrected chi connectivity index (χ2v) is 11.7. The number of fused-ring (bicyclic) bond motifs is 4. The van der Waals surface area contributed by atoms with E-state index in [4.69, 9.17) is 15.0 Å². The largest absolute Gasteiger partial charge is 0.309 e. The van der Waals surface area contributed by atoms with Gasteiger partial charge in [0.1, 0.15) is 0 Å². The van der Waals surface area contributed by atoms with E-state index in [9.17, 15) is 0 Å². The van der Waals surface area contributed by atoms with Crippen LogP contribution >= 0.6 is 0 Å². The van der Waals surface area contributed by atoms with Crippen LogP contribution in [0.1, 0.15) is 0 Å². The zero-order valence-corrected chi connectivity index (χ0v) is 25.5. The summed E-state index contributed by atoms with van der Waals surface area (Å²) < 4.78 is 2.37. The summed E-state index contributed by atoms with van der Waals surface area (Å²) in [5.41, 5.74) is 8.70. The van der Waals surface area contributed by atoms with Crippen LogP contribution in [0.2, 0.25) is 0 Å². The van der Waals surface area contributed by atoms with Crippen LogP contribution < -0.4 is 0 Å². The molecule has 4 heteroatoms. The smallest absolute Gasteiger partial charge is 0.164 e. The van der Waals surface area contributed by atoms with Crippen molar-refractivity contribution in [2.24, 2.45) is 0 Å². The van der Waals surface area contributed by atoms with Crippen LogP contribution in [0.15, 0.2) is 170 Å². The van der Waals surface area contributed by atoms with Gasteiger partial charge in [-0.1, -0.05) is 140 Å². The minimum atomic E-state index is 0.651. The third kappa shape index (κ3) is 4.84. The number of nitrogens with zero attached hydrogens (tertiary/aromatic N) is 4. The fraction of sp³-hybridized carbons (Fsp3) is 0. The molecule has 0 unspecified atom stereocenters. The summed E-state index contributed by atoms with van der Waals surface area (Å²) in [4.78, 5) is 14.6. The average Bonchev–Trinajstić information content (AvgIpc) is 3.47. The highest BCUT2D eigenvalue weighted by atomic mass is 15.0. The van der Waals surface area contributed by atoms with E-state index in [1.807, 2.05) is 60.7 Å². The van der Waals surface area contributed by atoms with Crippen LogP contribution in [0.4, 0.5) is 0 Å². The van der Waals surface area contributed by atoms with Gasteiger partial charge in [-0.15, -0.1) is 0 Å². The van der Waals surface area contributed by atoms with E-state index in [1.54, 1.807) is 0 Å². The standard InChI is InChI=1S/C43H28N4/c1-3-11-31(12-4-1)41-44-42(32-13-5-2-6-14-32)46-43(45-41)33-21-19-29(20-22-33)30-23-25-36(26-24-30)47-39-18-10-9-17-37(39)38-27-34-15-7-8-16-35(34)28-40(38)47/h1-28H. The van der Waals surface area contributed by atoms with Gasteiger partial charge in [0.05, 0.1) is 11.0 Å². The second-order valence-electron chi connectivity index (χ2n) is 11.7. The fourth-order valence-corrected chi connectivity index (χ4v) is 6.49. The lowest BCUT2D eigenvalue weighted by Crippen LogP contribution is -2.00. The van der Waals surface area contributed by atoms with Crippen LogP contribution in [0.3, 0.4) is 0 Å². The molecule has 0 aliphatic rings. The molecule has 0 spiro atoms. The topological polar surface area (TPSA) is 43.6 Å². The number of hydrogen-bond acceptors (Lipinski definition) is 3. The summed E-state index contributed by atoms with van der Waals surface area (Å²) in [7, 11) is 0. The lowest BCUT2D eigenvalue weighted by atomic mass is 10.0. The molecule has 2 aromatic heterocycles. The quantitative estimate of drug-likeness (QED) is 0.197. The number of rotatable bonds is 5. The average molecular weight is 601 g/mol. The summed E-state index contributed by atoms with van der Waals surface area (Å²) >= 11 is 0. The number of para-hydroxylation sites is 1. The van der Waals surface area contributed by atoms with Gasteiger partial charge in [0.25, 0.3) is 0 Å². The van der Waals surface area contributed by atoms with Crippen molar-refractivity contribution in [3.63, 3.8) is 0 Å². The van der Waals surface area contributed by atoms with Crippen molar-refractivity contribution in [1.29, 1.82) is 0 Å². The number of aromatic nitrogens is 4. The molecule has 47 heavy (non-hydrogen) atoms. The zero-order chi connectivity index (χ0) is 31.2. The Morgan fingerprint density at radius 1 is 0.319 bits per heavy atom. The molecular formula is C43H28N4. The summed E-state index contributed by atoms with van der Waals surface area (Å²) in [6, 6.07) is 59.3. The highest BCUT2D eigenvalue weighted by Crippen LogP contribution is 2.35. The molecular weight excluding hydrogens is 573 g/mol. The monoisotopic (exact) mass is 600 g/mol. The first kappa shape index (κ1) is 27.0. The van der Waals surface area contributed by atoms with Crippen molar-refractivity contribution in [1.82, 2.24) is 19.5 Å². The van der Waals surface area contributed by atoms with E-state index in [1.165, 1.54) is 32.6 Å². The van der Waals surface area contributed by atoms with Crippen molar-refractivity contribution in [3.8, 4) is 51.0 Å². The lowest BCUT2D eigenvalue weighted by Gasteiger charge is -2.11. The normalized spacial score (nSPS) is 11.4. The number of benzene rings is 7. The number of hydrogen-bond donors (Lipinski definition) is 0. The molecule has 0 aliphatic heterocycles. The molecule has 9 aromatic rings. The van der Waals surface area contributed by atoms with Gasteiger partial charge < -0.3 is 4.57 Å². The minimum absolute atomic E-state index is 0.651. The van der Waals surface area contributed by atoms with Crippen molar-refractivity contribution < 1.29 is 0 Å². The Bertz CT molecular complexity index is 2480. The van der Waals surface area contributed by atoms with Crippen molar-refractivity contribution in [2.75, 3.05) is 0 Å². The Labute approximate surface area is 272 Å². The van der Waals surface area contributed by atoms with E-state index in [0.717, 1.165) is 33.5 Å². The van der Waals surface area contributed by atoms with Gasteiger partial charge in [-0.25, -0.2) is 15.0 Å². The van der Waals surface area contributed by atoms with Crippen LogP contribution in [-0.4, -0.2) is 19.5 Å². The highest BCUT2D eigenvalue weighted by molar-refractivity contribution is 6.13. The van der Waals surface area contributed by atoms with Gasteiger partial charge in [0.2, 0.25) is 0 Å². The molecule has 0 saturated carbocycles. The van der Waals surface area contributed by atoms with Gasteiger partial charge in [-0.3, -0.25) is 0 Å². The van der Waals surface area contributed by atoms with Gasteiger partial charge in [-0.2, -0.15) is 0 Å². The first-order valence-corrected chi connectivity index (χ1v) is 15.8. The predicted octanol–water partition coefficient (Wildman–Crippen LogP) is 10.8. The van der Waals surface area contributed by atoms with Crippen LogP contribution in [-0.2, 0) is 0 Å². The van der Waals surface area contributed by atoms with Crippen molar-refractivity contribution in [2.45, 2.75) is 0 Å². The van der Waals surface area contributed by atoms with Crippen LogP contribution in [0.25, 0.3) is 83.6 Å². The second kappa shape index (κ2) is 11.2. The van der Waals surface area contributed by atoms with Gasteiger partial charge in [-0.05, 0) is 52.2 Å². The van der Waals surface area contributed by atoms with Gasteiger partial charge in [0, 0.05) is 33.2 Å². The first-order chi connectivity index (χ1) is 23.3. The summed E-state index contributed by atoms with van der Waals surface area (Å²) in [6.45, 7) is 0. The lowest BCUT2D eigenvalue weighted by molar-refractivity contribution is 1.07. The molecule has 0 aliphatic carbocycles. The maximum absolute atomic E-state index is 4.89. The Morgan fingerprint density at radius 3 is 1.36 bits per heavy atom. The minimum Gasteiger partial charge on any atom is -0.309 e. The Hall–Kier alpha value is -6.39. The molecule has 0 saturated heterocycles. The Kier molecular flexibility index (Phi) is 6.43. The summed E-state index contributed by atoms with van der Waals surface area (Å²) in [5.74, 6) is 1.97. The maximum atomic E-state index is 4.89. The van der Waals surface area contributed by atoms with Crippen molar-refractivity contribution >= 4 is 32.6 Å². The van der Waals surface area contributed by atoms with E-state index >= 15 is 0 Å². The first-order valence-electron chi connectivity index (χ1n) is 15.8. The molecule has 0 amide bonds. The Morgan fingerprint density at radius 2 is 0.766 bits per heavy atom. The molecule has 4 nitrogen and oxygen atoms in total. The SMILES string of the molecule is c1ccc(-c2nc(-c3ccccc3)nc(-c3ccc(-c4ccc(-n5c6ccccc6c6cc7ccccc7cc65)cc4)cc3)n2)cc1. The molecule has 2 heterocycles. The summed E-state index contributed by atoms with van der Waals surface area (Å²) in [6.07, 6.45) is 0. The van der Waals surface area contributed by atoms with E-state index < -0.39 is 0 Å². The van der Waals surface area contributed by atoms with E-state index in [-0.39, 0.29) is 0 Å². The van der Waals surface area contributed by atoms with Crippen molar-refractivity contribution in [3.05, 3.63) is 170 Å². The van der Waals surface area contributed by atoms with Gasteiger partial charge in [0.15, 0.2) is 17.5 Å². The molecule has 0 radical (unpaired) electrons. The fourth-order valence-electron chi connectivity index (χ4n) is 6.49. The highest BCUT2D eigenvalue weighted by Gasteiger charge is 2.15. The molecule has 7 aromatic carbocycles. The van der Waals surface area contributed by atoms with Gasteiger partial charge >= 0.3 is 0 Å². The Balaban J connectivity index is 1.08. The van der Waals surface area contributed by atoms with Crippen LogP contribution in [0.5, 0.6) is 0 Å². The van der Waals surface area contributed by atoms with Crippen LogP contribution in [0, 0.1) is 0 Å². The third-order valence-electron chi connectivity index (χ3n) is 8.84.